The van der Waals surface area contributed by atoms with Crippen molar-refractivity contribution in [3.05, 3.63) is 47.0 Å². The number of nitrogens with zero attached hydrogens (tertiary/aromatic N) is 4. The molecule has 1 N–H and O–H groups in total. The molecule has 2 aromatic heterocycles. The van der Waals surface area contributed by atoms with E-state index < -0.39 is 5.92 Å². The van der Waals surface area contributed by atoms with Gasteiger partial charge in [0.05, 0.1) is 23.3 Å². The van der Waals surface area contributed by atoms with Crippen LogP contribution in [-0.4, -0.2) is 25.7 Å². The Balaban J connectivity index is 1.63. The molecule has 1 aliphatic carbocycles. The Morgan fingerprint density at radius 1 is 1.15 bits per heavy atom. The van der Waals surface area contributed by atoms with E-state index in [1.807, 2.05) is 16.8 Å². The zero-order chi connectivity index (χ0) is 17.7. The van der Waals surface area contributed by atoms with Crippen molar-refractivity contribution < 1.29 is 4.79 Å². The summed E-state index contributed by atoms with van der Waals surface area (Å²) in [6, 6.07) is 5.82. The van der Waals surface area contributed by atoms with E-state index in [1.54, 1.807) is 12.3 Å². The number of benzene rings is 1. The molecule has 26 heavy (non-hydrogen) atoms. The summed E-state index contributed by atoms with van der Waals surface area (Å²) < 4.78 is 2.02. The molecule has 5 rings (SSSR count). The smallest absolute Gasteiger partial charge is 0.238 e. The van der Waals surface area contributed by atoms with Crippen LogP contribution in [0.1, 0.15) is 55.3 Å². The maximum Gasteiger partial charge on any atom is 0.238 e. The summed E-state index contributed by atoms with van der Waals surface area (Å²) in [5, 5.41) is 8.97. The third-order valence-electron chi connectivity index (χ3n) is 5.46. The van der Waals surface area contributed by atoms with Crippen LogP contribution < -0.4 is 5.32 Å². The molecule has 2 aliphatic rings. The molecule has 0 radical (unpaired) electrons. The summed E-state index contributed by atoms with van der Waals surface area (Å²) >= 11 is 6.16. The number of rotatable bonds is 2. The van der Waals surface area contributed by atoms with Gasteiger partial charge in [-0.25, -0.2) is 14.6 Å². The molecular formula is C19H18ClN5O. The number of halogens is 1. The molecule has 1 saturated carbocycles. The summed E-state index contributed by atoms with van der Waals surface area (Å²) in [4.78, 5) is 21.6. The third kappa shape index (κ3) is 2.40. The van der Waals surface area contributed by atoms with Crippen LogP contribution in [0.15, 0.2) is 30.7 Å². The van der Waals surface area contributed by atoms with E-state index in [0.29, 0.717) is 16.8 Å². The highest BCUT2D eigenvalue weighted by atomic mass is 35.5. The van der Waals surface area contributed by atoms with Crippen molar-refractivity contribution >= 4 is 34.2 Å². The second kappa shape index (κ2) is 6.06. The number of hydrogen-bond donors (Lipinski definition) is 1. The highest BCUT2D eigenvalue weighted by molar-refractivity contribution is 6.31. The topological polar surface area (TPSA) is 72.7 Å². The summed E-state index contributed by atoms with van der Waals surface area (Å²) in [6.07, 6.45) is 9.32. The fourth-order valence-corrected chi connectivity index (χ4v) is 4.39. The SMILES string of the molecule is O=C1Nc2ccc(Cl)cc2C1c1ncnc2c1cnn2C1CCCCC1. The number of hydrogen-bond acceptors (Lipinski definition) is 4. The molecule has 1 aliphatic heterocycles. The van der Waals surface area contributed by atoms with Gasteiger partial charge in [-0.3, -0.25) is 4.79 Å². The van der Waals surface area contributed by atoms with Gasteiger partial charge >= 0.3 is 0 Å². The molecule has 1 atom stereocenters. The van der Waals surface area contributed by atoms with Gasteiger partial charge in [0.1, 0.15) is 12.2 Å². The van der Waals surface area contributed by atoms with Crippen molar-refractivity contribution in [2.45, 2.75) is 44.1 Å². The van der Waals surface area contributed by atoms with E-state index in [-0.39, 0.29) is 5.91 Å². The highest BCUT2D eigenvalue weighted by Crippen LogP contribution is 2.40. The van der Waals surface area contributed by atoms with Crippen LogP contribution in [-0.2, 0) is 4.79 Å². The summed E-state index contributed by atoms with van der Waals surface area (Å²) in [7, 11) is 0. The Kier molecular flexibility index (Phi) is 3.67. The van der Waals surface area contributed by atoms with Crippen LogP contribution >= 0.6 is 11.6 Å². The number of carbonyl (C=O) groups excluding carboxylic acids is 1. The number of amides is 1. The molecule has 0 saturated heterocycles. The van der Waals surface area contributed by atoms with Gasteiger partial charge < -0.3 is 5.32 Å². The Morgan fingerprint density at radius 2 is 2.00 bits per heavy atom. The van der Waals surface area contributed by atoms with Crippen LogP contribution in [0.3, 0.4) is 0 Å². The van der Waals surface area contributed by atoms with E-state index in [9.17, 15) is 4.79 Å². The lowest BCUT2D eigenvalue weighted by atomic mass is 9.94. The molecule has 6 nitrogen and oxygen atoms in total. The lowest BCUT2D eigenvalue weighted by Crippen LogP contribution is -2.16. The monoisotopic (exact) mass is 367 g/mol. The van der Waals surface area contributed by atoms with Gasteiger partial charge in [-0.15, -0.1) is 0 Å². The van der Waals surface area contributed by atoms with Gasteiger partial charge in [-0.2, -0.15) is 5.10 Å². The predicted octanol–water partition coefficient (Wildman–Crippen LogP) is 4.07. The van der Waals surface area contributed by atoms with E-state index in [0.717, 1.165) is 35.1 Å². The maximum absolute atomic E-state index is 12.7. The Bertz CT molecular complexity index is 1010. The highest BCUT2D eigenvalue weighted by Gasteiger charge is 2.35. The lowest BCUT2D eigenvalue weighted by Gasteiger charge is -2.22. The maximum atomic E-state index is 12.7. The molecule has 1 amide bonds. The lowest BCUT2D eigenvalue weighted by molar-refractivity contribution is -0.116. The van der Waals surface area contributed by atoms with Crippen molar-refractivity contribution in [2.24, 2.45) is 0 Å². The number of aromatic nitrogens is 4. The fraction of sp³-hybridized carbons (Fsp3) is 0.368. The van der Waals surface area contributed by atoms with Gasteiger partial charge in [-0.05, 0) is 36.6 Å². The zero-order valence-electron chi connectivity index (χ0n) is 14.2. The minimum absolute atomic E-state index is 0.0901. The minimum Gasteiger partial charge on any atom is -0.325 e. The molecule has 0 bridgehead atoms. The normalized spacial score (nSPS) is 20.3. The minimum atomic E-state index is -0.488. The molecule has 1 fully saturated rings. The molecule has 1 aromatic carbocycles. The van der Waals surface area contributed by atoms with E-state index in [4.69, 9.17) is 11.6 Å². The van der Waals surface area contributed by atoms with Crippen LogP contribution in [0.5, 0.6) is 0 Å². The zero-order valence-corrected chi connectivity index (χ0v) is 14.9. The first-order chi connectivity index (χ1) is 12.7. The molecule has 0 spiro atoms. The number of carbonyl (C=O) groups is 1. The van der Waals surface area contributed by atoms with Crippen LogP contribution in [0.2, 0.25) is 5.02 Å². The fourth-order valence-electron chi connectivity index (χ4n) is 4.21. The second-order valence-electron chi connectivity index (χ2n) is 7.03. The third-order valence-corrected chi connectivity index (χ3v) is 5.70. The van der Waals surface area contributed by atoms with Crippen molar-refractivity contribution in [2.75, 3.05) is 5.32 Å². The van der Waals surface area contributed by atoms with Crippen molar-refractivity contribution in [1.29, 1.82) is 0 Å². The summed E-state index contributed by atoms with van der Waals surface area (Å²) in [5.74, 6) is -0.578. The quantitative estimate of drug-likeness (QED) is 0.741. The molecule has 3 heterocycles. The van der Waals surface area contributed by atoms with E-state index in [2.05, 4.69) is 20.4 Å². The summed E-state index contributed by atoms with van der Waals surface area (Å²) in [5.41, 5.74) is 3.14. The Hall–Kier alpha value is -2.47. The van der Waals surface area contributed by atoms with Gasteiger partial charge in [-0.1, -0.05) is 30.9 Å². The van der Waals surface area contributed by atoms with Crippen LogP contribution in [0, 0.1) is 0 Å². The second-order valence-corrected chi connectivity index (χ2v) is 7.47. The molecule has 132 valence electrons. The Morgan fingerprint density at radius 3 is 2.85 bits per heavy atom. The average Bonchev–Trinajstić information content (AvgIpc) is 3.23. The number of nitrogens with one attached hydrogen (secondary N) is 1. The predicted molar refractivity (Wildman–Crippen MR) is 99.4 cm³/mol. The molecular weight excluding hydrogens is 350 g/mol. The first-order valence-electron chi connectivity index (χ1n) is 9.01. The largest absolute Gasteiger partial charge is 0.325 e. The van der Waals surface area contributed by atoms with E-state index >= 15 is 0 Å². The van der Waals surface area contributed by atoms with Crippen molar-refractivity contribution in [3.8, 4) is 0 Å². The standard InChI is InChI=1S/C19H18ClN5O/c20-11-6-7-15-13(8-11)16(19(26)24-15)17-14-9-23-25(18(14)22-10-21-17)12-4-2-1-3-5-12/h6-10,12,16H,1-5H2,(H,24,26). The van der Waals surface area contributed by atoms with Gasteiger partial charge in [0.15, 0.2) is 5.65 Å². The van der Waals surface area contributed by atoms with Crippen LogP contribution in [0.25, 0.3) is 11.0 Å². The first-order valence-corrected chi connectivity index (χ1v) is 9.38. The molecule has 7 heteroatoms. The number of anilines is 1. The van der Waals surface area contributed by atoms with Gasteiger partial charge in [0.2, 0.25) is 5.91 Å². The molecule has 1 unspecified atom stereocenters. The van der Waals surface area contributed by atoms with Gasteiger partial charge in [0, 0.05) is 10.7 Å². The van der Waals surface area contributed by atoms with Crippen molar-refractivity contribution in [3.63, 3.8) is 0 Å². The Labute approximate surface area is 155 Å². The first kappa shape index (κ1) is 15.8. The van der Waals surface area contributed by atoms with Crippen molar-refractivity contribution in [1.82, 2.24) is 19.7 Å². The average molecular weight is 368 g/mol. The van der Waals surface area contributed by atoms with Gasteiger partial charge in [0.25, 0.3) is 0 Å². The van der Waals surface area contributed by atoms with Crippen LogP contribution in [0.4, 0.5) is 5.69 Å². The molecule has 3 aromatic rings. The van der Waals surface area contributed by atoms with E-state index in [1.165, 1.54) is 25.6 Å². The summed E-state index contributed by atoms with van der Waals surface area (Å²) in [6.45, 7) is 0. The number of fused-ring (bicyclic) bond motifs is 2.